The van der Waals surface area contributed by atoms with E-state index in [0.717, 1.165) is 11.1 Å². The van der Waals surface area contributed by atoms with Gasteiger partial charge < -0.3 is 15.2 Å². The van der Waals surface area contributed by atoms with Crippen LogP contribution < -0.4 is 10.1 Å². The molecule has 0 spiro atoms. The fourth-order valence-corrected chi connectivity index (χ4v) is 2.65. The first-order valence-electron chi connectivity index (χ1n) is 8.48. The number of hydrogen-bond donors (Lipinski definition) is 2. The van der Waals surface area contributed by atoms with Gasteiger partial charge in [0.2, 0.25) is 0 Å². The Hall–Kier alpha value is -2.82. The van der Waals surface area contributed by atoms with Gasteiger partial charge in [-0.05, 0) is 34.7 Å². The van der Waals surface area contributed by atoms with Gasteiger partial charge in [-0.3, -0.25) is 9.59 Å². The zero-order chi connectivity index (χ0) is 19.3. The molecular weight excluding hydrogens is 330 g/mol. The summed E-state index contributed by atoms with van der Waals surface area (Å²) in [6.45, 7) is 6.34. The minimum atomic E-state index is -0.971. The summed E-state index contributed by atoms with van der Waals surface area (Å²) in [6.07, 6.45) is -0.190. The Balaban J connectivity index is 2.24. The fourth-order valence-electron chi connectivity index (χ4n) is 2.65. The molecule has 0 fully saturated rings. The van der Waals surface area contributed by atoms with Crippen molar-refractivity contribution >= 4 is 11.9 Å². The average Bonchev–Trinajstić information content (AvgIpc) is 2.60. The summed E-state index contributed by atoms with van der Waals surface area (Å²) in [5.74, 6) is -0.738. The lowest BCUT2D eigenvalue weighted by Crippen LogP contribution is -2.30. The molecule has 2 aromatic rings. The molecule has 0 saturated heterocycles. The standard InChI is InChI=1S/C21H25NO4/c1-21(2,3)16-10-8-14(9-11-16)18(13-19(23)24)22-20(25)15-6-5-7-17(12-15)26-4/h5-12,18H,13H2,1-4H3,(H,22,25)(H,23,24). The lowest BCUT2D eigenvalue weighted by Gasteiger charge is -2.22. The van der Waals surface area contributed by atoms with Crippen molar-refractivity contribution in [2.45, 2.75) is 38.6 Å². The maximum absolute atomic E-state index is 12.5. The second-order valence-corrected chi connectivity index (χ2v) is 7.23. The normalized spacial score (nSPS) is 12.3. The van der Waals surface area contributed by atoms with Gasteiger partial charge in [-0.15, -0.1) is 0 Å². The predicted molar refractivity (Wildman–Crippen MR) is 101 cm³/mol. The number of nitrogens with one attached hydrogen (secondary N) is 1. The van der Waals surface area contributed by atoms with E-state index in [1.807, 2.05) is 24.3 Å². The predicted octanol–water partition coefficient (Wildman–Crippen LogP) is 3.94. The van der Waals surface area contributed by atoms with Crippen molar-refractivity contribution in [1.29, 1.82) is 0 Å². The van der Waals surface area contributed by atoms with Crippen LogP contribution in [0.25, 0.3) is 0 Å². The number of carbonyl (C=O) groups is 2. The summed E-state index contributed by atoms with van der Waals surface area (Å²) in [5, 5.41) is 12.0. The van der Waals surface area contributed by atoms with E-state index >= 15 is 0 Å². The van der Waals surface area contributed by atoms with Crippen LogP contribution in [0.3, 0.4) is 0 Å². The number of carboxylic acids is 1. The molecule has 0 aliphatic carbocycles. The van der Waals surface area contributed by atoms with E-state index in [1.165, 1.54) is 7.11 Å². The third kappa shape index (κ3) is 5.09. The number of aliphatic carboxylic acids is 1. The quantitative estimate of drug-likeness (QED) is 0.823. The first-order valence-corrected chi connectivity index (χ1v) is 8.48. The maximum Gasteiger partial charge on any atom is 0.305 e. The highest BCUT2D eigenvalue weighted by Crippen LogP contribution is 2.25. The molecule has 0 radical (unpaired) electrons. The number of carbonyl (C=O) groups excluding carboxylic acids is 1. The number of rotatable bonds is 6. The molecule has 0 heterocycles. The van der Waals surface area contributed by atoms with E-state index < -0.39 is 12.0 Å². The van der Waals surface area contributed by atoms with E-state index in [9.17, 15) is 14.7 Å². The molecule has 0 saturated carbocycles. The molecule has 1 unspecified atom stereocenters. The summed E-state index contributed by atoms with van der Waals surface area (Å²) in [4.78, 5) is 23.8. The van der Waals surface area contributed by atoms with Crippen LogP contribution in [0.15, 0.2) is 48.5 Å². The number of amides is 1. The van der Waals surface area contributed by atoms with E-state index in [2.05, 4.69) is 26.1 Å². The molecular formula is C21H25NO4. The summed E-state index contributed by atoms with van der Waals surface area (Å²) in [6, 6.07) is 13.8. The van der Waals surface area contributed by atoms with Crippen LogP contribution in [0.2, 0.25) is 0 Å². The van der Waals surface area contributed by atoms with Crippen molar-refractivity contribution in [1.82, 2.24) is 5.32 Å². The van der Waals surface area contributed by atoms with Crippen LogP contribution in [0.4, 0.5) is 0 Å². The summed E-state index contributed by atoms with van der Waals surface area (Å²) in [5.41, 5.74) is 2.34. The Morgan fingerprint density at radius 1 is 1.12 bits per heavy atom. The van der Waals surface area contributed by atoms with Gasteiger partial charge in [0.25, 0.3) is 5.91 Å². The van der Waals surface area contributed by atoms with E-state index in [1.54, 1.807) is 24.3 Å². The van der Waals surface area contributed by atoms with Crippen molar-refractivity contribution in [3.63, 3.8) is 0 Å². The van der Waals surface area contributed by atoms with Gasteiger partial charge in [0.05, 0.1) is 19.6 Å². The smallest absolute Gasteiger partial charge is 0.305 e. The molecule has 0 aromatic heterocycles. The first-order chi connectivity index (χ1) is 12.2. The van der Waals surface area contributed by atoms with E-state index in [0.29, 0.717) is 11.3 Å². The topological polar surface area (TPSA) is 75.6 Å². The third-order valence-electron chi connectivity index (χ3n) is 4.20. The first kappa shape index (κ1) is 19.5. The average molecular weight is 355 g/mol. The van der Waals surface area contributed by atoms with Gasteiger partial charge in [0.1, 0.15) is 5.75 Å². The lowest BCUT2D eigenvalue weighted by atomic mass is 9.86. The Kier molecular flexibility index (Phi) is 6.03. The van der Waals surface area contributed by atoms with Gasteiger partial charge in [0.15, 0.2) is 0 Å². The minimum absolute atomic E-state index is 0.00463. The van der Waals surface area contributed by atoms with Crippen LogP contribution in [-0.4, -0.2) is 24.1 Å². The van der Waals surface area contributed by atoms with Crippen molar-refractivity contribution in [2.24, 2.45) is 0 Å². The molecule has 138 valence electrons. The Labute approximate surface area is 154 Å². The second kappa shape index (κ2) is 8.04. The van der Waals surface area contributed by atoms with Crippen molar-refractivity contribution < 1.29 is 19.4 Å². The third-order valence-corrected chi connectivity index (χ3v) is 4.20. The Bertz CT molecular complexity index is 775. The Morgan fingerprint density at radius 3 is 2.31 bits per heavy atom. The molecule has 26 heavy (non-hydrogen) atoms. The van der Waals surface area contributed by atoms with Crippen LogP contribution in [-0.2, 0) is 10.2 Å². The summed E-state index contributed by atoms with van der Waals surface area (Å²) in [7, 11) is 1.53. The molecule has 1 amide bonds. The number of benzene rings is 2. The largest absolute Gasteiger partial charge is 0.497 e. The van der Waals surface area contributed by atoms with Gasteiger partial charge in [-0.25, -0.2) is 0 Å². The van der Waals surface area contributed by atoms with Gasteiger partial charge in [-0.2, -0.15) is 0 Å². The molecule has 0 aliphatic rings. The van der Waals surface area contributed by atoms with Crippen LogP contribution in [0, 0.1) is 0 Å². The summed E-state index contributed by atoms with van der Waals surface area (Å²) >= 11 is 0. The van der Waals surface area contributed by atoms with Gasteiger partial charge in [0, 0.05) is 5.56 Å². The Morgan fingerprint density at radius 2 is 1.77 bits per heavy atom. The molecule has 0 aliphatic heterocycles. The molecule has 2 aromatic carbocycles. The van der Waals surface area contributed by atoms with E-state index in [4.69, 9.17) is 4.74 Å². The van der Waals surface area contributed by atoms with Crippen LogP contribution in [0.5, 0.6) is 5.75 Å². The molecule has 0 bridgehead atoms. The van der Waals surface area contributed by atoms with Crippen molar-refractivity contribution in [3.8, 4) is 5.75 Å². The zero-order valence-electron chi connectivity index (χ0n) is 15.6. The van der Waals surface area contributed by atoms with Crippen molar-refractivity contribution in [3.05, 3.63) is 65.2 Å². The van der Waals surface area contributed by atoms with Gasteiger partial charge in [-0.1, -0.05) is 51.1 Å². The number of ether oxygens (including phenoxy) is 1. The SMILES string of the molecule is COc1cccc(C(=O)NC(CC(=O)O)c2ccc(C(C)(C)C)cc2)c1. The molecule has 5 nitrogen and oxygen atoms in total. The zero-order valence-corrected chi connectivity index (χ0v) is 15.6. The monoisotopic (exact) mass is 355 g/mol. The van der Waals surface area contributed by atoms with Gasteiger partial charge >= 0.3 is 5.97 Å². The molecule has 1 atom stereocenters. The number of methoxy groups -OCH3 is 1. The second-order valence-electron chi connectivity index (χ2n) is 7.23. The highest BCUT2D eigenvalue weighted by molar-refractivity contribution is 5.95. The van der Waals surface area contributed by atoms with Crippen LogP contribution in [0.1, 0.15) is 54.7 Å². The lowest BCUT2D eigenvalue weighted by molar-refractivity contribution is -0.137. The van der Waals surface area contributed by atoms with Crippen LogP contribution >= 0.6 is 0 Å². The van der Waals surface area contributed by atoms with E-state index in [-0.39, 0.29) is 17.7 Å². The fraction of sp³-hybridized carbons (Fsp3) is 0.333. The van der Waals surface area contributed by atoms with Crippen molar-refractivity contribution in [2.75, 3.05) is 7.11 Å². The molecule has 2 N–H and O–H groups in total. The maximum atomic E-state index is 12.5. The molecule has 5 heteroatoms. The number of hydrogen-bond acceptors (Lipinski definition) is 3. The highest BCUT2D eigenvalue weighted by atomic mass is 16.5. The highest BCUT2D eigenvalue weighted by Gasteiger charge is 2.20. The summed E-state index contributed by atoms with van der Waals surface area (Å²) < 4.78 is 5.13. The minimum Gasteiger partial charge on any atom is -0.497 e. The molecule has 2 rings (SSSR count). The number of carboxylic acid groups (broad SMARTS) is 1.